The first kappa shape index (κ1) is 11.2. The molecule has 0 amide bonds. The zero-order chi connectivity index (χ0) is 11.3. The van der Waals surface area contributed by atoms with Crippen LogP contribution in [0.2, 0.25) is 0 Å². The van der Waals surface area contributed by atoms with Crippen LogP contribution in [0.15, 0.2) is 12.2 Å². The molecule has 0 heterocycles. The van der Waals surface area contributed by atoms with Crippen molar-refractivity contribution >= 4 is 0 Å². The summed E-state index contributed by atoms with van der Waals surface area (Å²) in [7, 11) is 0. The van der Waals surface area contributed by atoms with E-state index in [2.05, 4.69) is 34.3 Å². The molecule has 0 aromatic heterocycles. The topological polar surface area (TPSA) is 0 Å². The fraction of sp³-hybridized carbons (Fsp3) is 0.867. The predicted octanol–water partition coefficient (Wildman–Crippen LogP) is 4.81. The van der Waals surface area contributed by atoms with E-state index < -0.39 is 0 Å². The van der Waals surface area contributed by atoms with Crippen LogP contribution in [0.1, 0.15) is 59.8 Å². The maximum atomic E-state index is 4.22. The molecule has 2 fully saturated rings. The molecule has 2 aliphatic carbocycles. The Hall–Kier alpha value is -0.260. The number of fused-ring (bicyclic) bond motifs is 1. The van der Waals surface area contributed by atoms with E-state index in [4.69, 9.17) is 0 Å². The van der Waals surface area contributed by atoms with E-state index in [1.807, 2.05) is 0 Å². The Kier molecular flexibility index (Phi) is 2.52. The molecule has 0 aliphatic heterocycles. The third-order valence-corrected chi connectivity index (χ3v) is 5.22. The highest BCUT2D eigenvalue weighted by Crippen LogP contribution is 2.58. The molecule has 86 valence electrons. The summed E-state index contributed by atoms with van der Waals surface area (Å²) in [5, 5.41) is 0. The van der Waals surface area contributed by atoms with Gasteiger partial charge in [-0.2, -0.15) is 0 Å². The summed E-state index contributed by atoms with van der Waals surface area (Å²) in [6, 6.07) is 0. The number of rotatable bonds is 0. The van der Waals surface area contributed by atoms with Gasteiger partial charge in [-0.25, -0.2) is 0 Å². The van der Waals surface area contributed by atoms with Crippen molar-refractivity contribution in [1.29, 1.82) is 0 Å². The van der Waals surface area contributed by atoms with Gasteiger partial charge in [-0.15, -0.1) is 0 Å². The van der Waals surface area contributed by atoms with Crippen LogP contribution < -0.4 is 0 Å². The summed E-state index contributed by atoms with van der Waals surface area (Å²) >= 11 is 0. The highest BCUT2D eigenvalue weighted by molar-refractivity contribution is 5.09. The van der Waals surface area contributed by atoms with Gasteiger partial charge in [-0.1, -0.05) is 39.8 Å². The molecule has 0 spiro atoms. The summed E-state index contributed by atoms with van der Waals surface area (Å²) in [6.07, 6.45) is 6.77. The Morgan fingerprint density at radius 1 is 1.00 bits per heavy atom. The Morgan fingerprint density at radius 3 is 2.13 bits per heavy atom. The average molecular weight is 206 g/mol. The molecule has 2 aliphatic rings. The van der Waals surface area contributed by atoms with Crippen LogP contribution in [0.5, 0.6) is 0 Å². The van der Waals surface area contributed by atoms with Crippen LogP contribution in [0, 0.1) is 22.7 Å². The van der Waals surface area contributed by atoms with Crippen LogP contribution >= 0.6 is 0 Å². The van der Waals surface area contributed by atoms with Crippen LogP contribution in [0.25, 0.3) is 0 Å². The molecule has 15 heavy (non-hydrogen) atoms. The lowest BCUT2D eigenvalue weighted by Gasteiger charge is -2.55. The first-order valence-electron chi connectivity index (χ1n) is 6.49. The predicted molar refractivity (Wildman–Crippen MR) is 66.8 cm³/mol. The number of allylic oxidation sites excluding steroid dienone is 1. The zero-order valence-corrected chi connectivity index (χ0v) is 10.9. The monoisotopic (exact) mass is 206 g/mol. The maximum Gasteiger partial charge on any atom is -0.0287 e. The van der Waals surface area contributed by atoms with Gasteiger partial charge in [0.05, 0.1) is 0 Å². The average Bonchev–Trinajstić information content (AvgIpc) is 2.13. The first-order valence-corrected chi connectivity index (χ1v) is 6.49. The van der Waals surface area contributed by atoms with Crippen molar-refractivity contribution in [2.24, 2.45) is 22.7 Å². The number of hydrogen-bond donors (Lipinski definition) is 0. The molecule has 2 atom stereocenters. The van der Waals surface area contributed by atoms with Gasteiger partial charge in [0.15, 0.2) is 0 Å². The van der Waals surface area contributed by atoms with Crippen molar-refractivity contribution < 1.29 is 0 Å². The van der Waals surface area contributed by atoms with E-state index in [1.165, 1.54) is 37.7 Å². The van der Waals surface area contributed by atoms with Crippen LogP contribution in [-0.2, 0) is 0 Å². The fourth-order valence-electron chi connectivity index (χ4n) is 3.89. The molecule has 0 heteroatoms. The summed E-state index contributed by atoms with van der Waals surface area (Å²) in [4.78, 5) is 0. The smallest absolute Gasteiger partial charge is 0.0287 e. The lowest BCUT2D eigenvalue weighted by Crippen LogP contribution is -2.46. The Labute approximate surface area is 95.1 Å². The van der Waals surface area contributed by atoms with Gasteiger partial charge in [0.1, 0.15) is 0 Å². The first-order chi connectivity index (χ1) is 6.83. The Morgan fingerprint density at radius 2 is 1.53 bits per heavy atom. The fourth-order valence-corrected chi connectivity index (χ4v) is 3.89. The van der Waals surface area contributed by atoms with E-state index in [-0.39, 0.29) is 0 Å². The minimum Gasteiger partial charge on any atom is -0.0999 e. The Bertz CT molecular complexity index is 270. The van der Waals surface area contributed by atoms with Crippen molar-refractivity contribution in [3.63, 3.8) is 0 Å². The summed E-state index contributed by atoms with van der Waals surface area (Å²) in [6.45, 7) is 14.1. The second kappa shape index (κ2) is 3.37. The second-order valence-electron chi connectivity index (χ2n) is 7.18. The molecule has 0 aromatic carbocycles. The summed E-state index contributed by atoms with van der Waals surface area (Å²) in [5.41, 5.74) is 2.62. The van der Waals surface area contributed by atoms with Crippen molar-refractivity contribution in [3.05, 3.63) is 12.2 Å². The standard InChI is InChI=1S/C15H26/c1-11-6-7-12-13(10-11)15(4,5)9-8-14(12,2)3/h12-13H,1,6-10H2,2-5H3. The van der Waals surface area contributed by atoms with Crippen molar-refractivity contribution in [3.8, 4) is 0 Å². The third kappa shape index (κ3) is 1.88. The number of hydrogen-bond acceptors (Lipinski definition) is 0. The molecule has 0 nitrogen and oxygen atoms in total. The van der Waals surface area contributed by atoms with Gasteiger partial charge in [0.25, 0.3) is 0 Å². The van der Waals surface area contributed by atoms with Gasteiger partial charge in [-0.3, -0.25) is 0 Å². The van der Waals surface area contributed by atoms with Crippen LogP contribution in [-0.4, -0.2) is 0 Å². The molecule has 0 bridgehead atoms. The normalized spacial score (nSPS) is 38.5. The minimum absolute atomic E-state index is 0.545. The minimum atomic E-state index is 0.545. The highest BCUT2D eigenvalue weighted by Gasteiger charge is 2.48. The molecule has 0 radical (unpaired) electrons. The van der Waals surface area contributed by atoms with Gasteiger partial charge in [0.2, 0.25) is 0 Å². The molecule has 0 saturated heterocycles. The van der Waals surface area contributed by atoms with Gasteiger partial charge < -0.3 is 0 Å². The largest absolute Gasteiger partial charge is 0.0999 e. The van der Waals surface area contributed by atoms with E-state index in [0.29, 0.717) is 10.8 Å². The van der Waals surface area contributed by atoms with Crippen molar-refractivity contribution in [2.75, 3.05) is 0 Å². The molecule has 2 unspecified atom stereocenters. The van der Waals surface area contributed by atoms with Gasteiger partial charge in [-0.05, 0) is 54.8 Å². The molecular weight excluding hydrogens is 180 g/mol. The summed E-state index contributed by atoms with van der Waals surface area (Å²) in [5.74, 6) is 1.83. The second-order valence-corrected chi connectivity index (χ2v) is 7.18. The van der Waals surface area contributed by atoms with Gasteiger partial charge in [0, 0.05) is 0 Å². The molecular formula is C15H26. The van der Waals surface area contributed by atoms with Crippen LogP contribution in [0.4, 0.5) is 0 Å². The van der Waals surface area contributed by atoms with E-state index in [0.717, 1.165) is 11.8 Å². The van der Waals surface area contributed by atoms with E-state index in [9.17, 15) is 0 Å². The van der Waals surface area contributed by atoms with Crippen molar-refractivity contribution in [1.82, 2.24) is 0 Å². The third-order valence-electron chi connectivity index (χ3n) is 5.22. The molecule has 0 aromatic rings. The van der Waals surface area contributed by atoms with Crippen molar-refractivity contribution in [2.45, 2.75) is 59.8 Å². The quantitative estimate of drug-likeness (QED) is 0.499. The van der Waals surface area contributed by atoms with Crippen LogP contribution in [0.3, 0.4) is 0 Å². The SMILES string of the molecule is C=C1CCC2C(C1)C(C)(C)CCC2(C)C. The van der Waals surface area contributed by atoms with Gasteiger partial charge >= 0.3 is 0 Å². The van der Waals surface area contributed by atoms with E-state index >= 15 is 0 Å². The Balaban J connectivity index is 2.27. The highest BCUT2D eigenvalue weighted by atomic mass is 14.5. The molecule has 2 rings (SSSR count). The molecule has 0 N–H and O–H groups in total. The van der Waals surface area contributed by atoms with E-state index in [1.54, 1.807) is 0 Å². The zero-order valence-electron chi connectivity index (χ0n) is 10.9. The lowest BCUT2D eigenvalue weighted by atomic mass is 9.50. The lowest BCUT2D eigenvalue weighted by molar-refractivity contribution is -0.0331. The maximum absolute atomic E-state index is 4.22. The molecule has 2 saturated carbocycles. The summed E-state index contributed by atoms with van der Waals surface area (Å²) < 4.78 is 0.